The van der Waals surface area contributed by atoms with Crippen molar-refractivity contribution in [2.45, 2.75) is 194 Å². The quantitative estimate of drug-likeness (QED) is 0.116. The van der Waals surface area contributed by atoms with E-state index in [1.807, 2.05) is 0 Å². The average Bonchev–Trinajstić information content (AvgIpc) is 2.89. The van der Waals surface area contributed by atoms with Gasteiger partial charge in [0.2, 0.25) is 0 Å². The van der Waals surface area contributed by atoms with E-state index in [-0.39, 0.29) is 0 Å². The molecule has 0 aliphatic heterocycles. The average molecular weight is 515 g/mol. The zero-order valence-corrected chi connectivity index (χ0v) is 25.7. The SMILES string of the molecule is CCCCCCCCCCc1cc(O)cc(CCCCCCCCCC)c1CCCCCCCCCC. The summed E-state index contributed by atoms with van der Waals surface area (Å²) in [5, 5.41) is 10.6. The summed E-state index contributed by atoms with van der Waals surface area (Å²) in [7, 11) is 0. The van der Waals surface area contributed by atoms with Crippen molar-refractivity contribution in [1.82, 2.24) is 0 Å². The first kappa shape index (κ1) is 34.0. The molecule has 1 N–H and O–H groups in total. The van der Waals surface area contributed by atoms with Crippen LogP contribution in [0, 0.1) is 0 Å². The molecular formula is C36H66O. The standard InChI is InChI=1S/C36H66O/c1-4-7-10-13-16-19-22-25-28-33-31-35(37)32-34(29-26-23-20-17-14-11-8-5-2)36(33)30-27-24-21-18-15-12-9-6-3/h31-32,37H,4-30H2,1-3H3. The summed E-state index contributed by atoms with van der Waals surface area (Å²) < 4.78 is 0. The van der Waals surface area contributed by atoms with Gasteiger partial charge in [-0.2, -0.15) is 0 Å². The number of hydrogen-bond acceptors (Lipinski definition) is 1. The van der Waals surface area contributed by atoms with Crippen LogP contribution in [-0.2, 0) is 19.3 Å². The van der Waals surface area contributed by atoms with Crippen molar-refractivity contribution in [3.63, 3.8) is 0 Å². The molecule has 0 atom stereocenters. The highest BCUT2D eigenvalue weighted by Crippen LogP contribution is 2.28. The van der Waals surface area contributed by atoms with Gasteiger partial charge in [0.25, 0.3) is 0 Å². The maximum Gasteiger partial charge on any atom is 0.116 e. The summed E-state index contributed by atoms with van der Waals surface area (Å²) in [6.07, 6.45) is 36.4. The molecule has 0 aliphatic rings. The zero-order valence-electron chi connectivity index (χ0n) is 25.7. The van der Waals surface area contributed by atoms with E-state index in [0.29, 0.717) is 5.75 Å². The molecule has 1 heteroatoms. The molecule has 0 saturated heterocycles. The Morgan fingerprint density at radius 1 is 0.378 bits per heavy atom. The van der Waals surface area contributed by atoms with Crippen molar-refractivity contribution in [2.75, 3.05) is 0 Å². The van der Waals surface area contributed by atoms with E-state index in [9.17, 15) is 5.11 Å². The monoisotopic (exact) mass is 515 g/mol. The number of hydrogen-bond donors (Lipinski definition) is 1. The van der Waals surface area contributed by atoms with Gasteiger partial charge in [-0.1, -0.05) is 156 Å². The largest absolute Gasteiger partial charge is 0.508 e. The zero-order chi connectivity index (χ0) is 26.8. The predicted octanol–water partition coefficient (Wildman–Crippen LogP) is 12.4. The van der Waals surface area contributed by atoms with Crippen molar-refractivity contribution in [3.05, 3.63) is 28.8 Å². The lowest BCUT2D eigenvalue weighted by Gasteiger charge is -2.17. The van der Waals surface area contributed by atoms with Crippen LogP contribution in [0.5, 0.6) is 5.75 Å². The van der Waals surface area contributed by atoms with Gasteiger partial charge >= 0.3 is 0 Å². The molecule has 0 amide bonds. The van der Waals surface area contributed by atoms with Gasteiger partial charge in [0.1, 0.15) is 5.75 Å². The Morgan fingerprint density at radius 2 is 0.649 bits per heavy atom. The molecule has 0 aliphatic carbocycles. The van der Waals surface area contributed by atoms with Crippen LogP contribution in [0.1, 0.15) is 192 Å². The molecule has 0 fully saturated rings. The number of phenolic OH excluding ortho intramolecular Hbond substituents is 1. The van der Waals surface area contributed by atoms with Crippen LogP contribution in [0.3, 0.4) is 0 Å². The molecule has 1 aromatic carbocycles. The molecule has 0 heterocycles. The van der Waals surface area contributed by atoms with E-state index in [1.165, 1.54) is 172 Å². The fraction of sp³-hybridized carbons (Fsp3) is 0.833. The van der Waals surface area contributed by atoms with Gasteiger partial charge in [0, 0.05) is 0 Å². The lowest BCUT2D eigenvalue weighted by Crippen LogP contribution is -2.02. The fourth-order valence-corrected chi connectivity index (χ4v) is 5.88. The number of aryl methyl sites for hydroxylation is 2. The van der Waals surface area contributed by atoms with E-state index in [1.54, 1.807) is 5.56 Å². The number of rotatable bonds is 27. The molecule has 37 heavy (non-hydrogen) atoms. The molecule has 1 aromatic rings. The molecule has 0 spiro atoms. The highest BCUT2D eigenvalue weighted by atomic mass is 16.3. The third-order valence-electron chi connectivity index (χ3n) is 8.30. The van der Waals surface area contributed by atoms with E-state index >= 15 is 0 Å². The van der Waals surface area contributed by atoms with Gasteiger partial charge in [0.05, 0.1) is 0 Å². The predicted molar refractivity (Wildman–Crippen MR) is 167 cm³/mol. The first-order valence-electron chi connectivity index (χ1n) is 17.1. The minimum atomic E-state index is 0.504. The van der Waals surface area contributed by atoms with Crippen molar-refractivity contribution in [1.29, 1.82) is 0 Å². The first-order valence-corrected chi connectivity index (χ1v) is 17.1. The Bertz CT molecular complexity index is 578. The first-order chi connectivity index (χ1) is 18.2. The van der Waals surface area contributed by atoms with Crippen LogP contribution in [-0.4, -0.2) is 5.11 Å². The Morgan fingerprint density at radius 3 is 0.973 bits per heavy atom. The normalized spacial score (nSPS) is 11.4. The molecule has 216 valence electrons. The molecule has 0 saturated carbocycles. The van der Waals surface area contributed by atoms with Gasteiger partial charge in [0.15, 0.2) is 0 Å². The Labute approximate surface area is 233 Å². The van der Waals surface area contributed by atoms with Gasteiger partial charge in [-0.3, -0.25) is 0 Å². The smallest absolute Gasteiger partial charge is 0.116 e. The molecule has 1 rings (SSSR count). The summed E-state index contributed by atoms with van der Waals surface area (Å²) in [5.41, 5.74) is 4.53. The number of unbranched alkanes of at least 4 members (excludes halogenated alkanes) is 21. The summed E-state index contributed by atoms with van der Waals surface area (Å²) >= 11 is 0. The maximum absolute atomic E-state index is 10.6. The molecule has 0 unspecified atom stereocenters. The Balaban J connectivity index is 2.57. The van der Waals surface area contributed by atoms with Crippen molar-refractivity contribution in [3.8, 4) is 5.75 Å². The van der Waals surface area contributed by atoms with E-state index < -0.39 is 0 Å². The van der Waals surface area contributed by atoms with E-state index in [0.717, 1.165) is 12.8 Å². The Kier molecular flexibility index (Phi) is 23.3. The second-order valence-corrected chi connectivity index (χ2v) is 11.9. The van der Waals surface area contributed by atoms with Gasteiger partial charge in [-0.25, -0.2) is 0 Å². The molecule has 0 radical (unpaired) electrons. The third-order valence-corrected chi connectivity index (χ3v) is 8.30. The van der Waals surface area contributed by atoms with Crippen LogP contribution < -0.4 is 0 Å². The van der Waals surface area contributed by atoms with Crippen LogP contribution in [0.25, 0.3) is 0 Å². The van der Waals surface area contributed by atoms with Gasteiger partial charge < -0.3 is 5.11 Å². The van der Waals surface area contributed by atoms with Crippen LogP contribution in [0.2, 0.25) is 0 Å². The number of benzene rings is 1. The minimum Gasteiger partial charge on any atom is -0.508 e. The molecular weight excluding hydrogens is 448 g/mol. The highest BCUT2D eigenvalue weighted by Gasteiger charge is 2.11. The van der Waals surface area contributed by atoms with Crippen LogP contribution >= 0.6 is 0 Å². The second kappa shape index (κ2) is 25.3. The topological polar surface area (TPSA) is 20.2 Å². The van der Waals surface area contributed by atoms with Gasteiger partial charge in [-0.15, -0.1) is 0 Å². The molecule has 0 bridgehead atoms. The van der Waals surface area contributed by atoms with Crippen molar-refractivity contribution < 1.29 is 5.11 Å². The van der Waals surface area contributed by atoms with Crippen LogP contribution in [0.15, 0.2) is 12.1 Å². The maximum atomic E-state index is 10.6. The molecule has 1 nitrogen and oxygen atoms in total. The lowest BCUT2D eigenvalue weighted by atomic mass is 9.89. The molecule has 0 aromatic heterocycles. The fourth-order valence-electron chi connectivity index (χ4n) is 5.88. The lowest BCUT2D eigenvalue weighted by molar-refractivity contribution is 0.472. The van der Waals surface area contributed by atoms with E-state index in [4.69, 9.17) is 0 Å². The second-order valence-electron chi connectivity index (χ2n) is 11.9. The van der Waals surface area contributed by atoms with Crippen LogP contribution in [0.4, 0.5) is 0 Å². The van der Waals surface area contributed by atoms with Crippen molar-refractivity contribution >= 4 is 0 Å². The number of phenols is 1. The summed E-state index contributed by atoms with van der Waals surface area (Å²) in [5.74, 6) is 0.504. The number of aromatic hydroxyl groups is 1. The summed E-state index contributed by atoms with van der Waals surface area (Å²) in [4.78, 5) is 0. The Hall–Kier alpha value is -0.980. The minimum absolute atomic E-state index is 0.504. The summed E-state index contributed by atoms with van der Waals surface area (Å²) in [6.45, 7) is 6.89. The third kappa shape index (κ3) is 18.8. The van der Waals surface area contributed by atoms with E-state index in [2.05, 4.69) is 32.9 Å². The van der Waals surface area contributed by atoms with Gasteiger partial charge in [-0.05, 0) is 67.3 Å². The highest BCUT2D eigenvalue weighted by molar-refractivity contribution is 5.42. The van der Waals surface area contributed by atoms with Crippen molar-refractivity contribution in [2.24, 2.45) is 0 Å². The summed E-state index contributed by atoms with van der Waals surface area (Å²) in [6, 6.07) is 4.22.